The molecule has 1 aromatic heterocycles. The fourth-order valence-corrected chi connectivity index (χ4v) is 3.47. The molecule has 2 aromatic rings. The maximum absolute atomic E-state index is 12.0. The van der Waals surface area contributed by atoms with Gasteiger partial charge in [0.25, 0.3) is 5.69 Å². The Morgan fingerprint density at radius 2 is 1.92 bits per heavy atom. The minimum Gasteiger partial charge on any atom is -0.318 e. The molecule has 25 heavy (non-hydrogen) atoms. The van der Waals surface area contributed by atoms with Gasteiger partial charge in [-0.2, -0.15) is 0 Å². The number of carbonyl (C=O) groups excluding carboxylic acids is 2. The number of rotatable bonds is 3. The fraction of sp³-hybridized carbons (Fsp3) is 0.267. The van der Waals surface area contributed by atoms with Gasteiger partial charge in [-0.1, -0.05) is 0 Å². The second-order valence-electron chi connectivity index (χ2n) is 5.59. The van der Waals surface area contributed by atoms with Gasteiger partial charge >= 0.3 is 11.8 Å². The summed E-state index contributed by atoms with van der Waals surface area (Å²) in [5.41, 5.74) is 1.15. The molecule has 9 nitrogen and oxygen atoms in total. The molecule has 0 unspecified atom stereocenters. The van der Waals surface area contributed by atoms with Crippen LogP contribution in [0.3, 0.4) is 0 Å². The number of carbonyl (C=O) groups is 2. The van der Waals surface area contributed by atoms with Gasteiger partial charge in [0.15, 0.2) is 5.13 Å². The Kier molecular flexibility index (Phi) is 4.72. The molecule has 0 bridgehead atoms. The van der Waals surface area contributed by atoms with Crippen molar-refractivity contribution in [3.05, 3.63) is 45.0 Å². The van der Waals surface area contributed by atoms with Crippen LogP contribution in [0.15, 0.2) is 24.3 Å². The van der Waals surface area contributed by atoms with Crippen LogP contribution in [0.5, 0.6) is 0 Å². The van der Waals surface area contributed by atoms with E-state index in [4.69, 9.17) is 0 Å². The summed E-state index contributed by atoms with van der Waals surface area (Å²) in [5.74, 6) is -1.70. The SMILES string of the molecule is CN1CCc2nc(NC(=O)C(=O)Nc3ccc([N+](=O)[O-])cc3)sc2C1. The van der Waals surface area contributed by atoms with E-state index in [1.165, 1.54) is 35.6 Å². The van der Waals surface area contributed by atoms with Gasteiger partial charge in [0, 0.05) is 42.2 Å². The Hall–Kier alpha value is -2.85. The lowest BCUT2D eigenvalue weighted by atomic mass is 10.2. The van der Waals surface area contributed by atoms with E-state index in [2.05, 4.69) is 20.5 Å². The number of hydrogen-bond acceptors (Lipinski definition) is 7. The van der Waals surface area contributed by atoms with Crippen molar-refractivity contribution in [2.24, 2.45) is 0 Å². The number of nitro benzene ring substituents is 1. The number of fused-ring (bicyclic) bond motifs is 1. The van der Waals surface area contributed by atoms with E-state index >= 15 is 0 Å². The van der Waals surface area contributed by atoms with E-state index in [1.54, 1.807) is 0 Å². The fourth-order valence-electron chi connectivity index (χ4n) is 2.38. The molecule has 0 fully saturated rings. The van der Waals surface area contributed by atoms with Gasteiger partial charge in [0.2, 0.25) is 0 Å². The number of nitrogens with zero attached hydrogens (tertiary/aromatic N) is 3. The van der Waals surface area contributed by atoms with Crippen LogP contribution in [-0.4, -0.2) is 40.2 Å². The highest BCUT2D eigenvalue weighted by Crippen LogP contribution is 2.27. The number of amides is 2. The van der Waals surface area contributed by atoms with Gasteiger partial charge in [0.05, 0.1) is 10.6 Å². The summed E-state index contributed by atoms with van der Waals surface area (Å²) in [6, 6.07) is 5.22. The Morgan fingerprint density at radius 3 is 2.60 bits per heavy atom. The first kappa shape index (κ1) is 17.0. The first-order valence-electron chi connectivity index (χ1n) is 7.46. The summed E-state index contributed by atoms with van der Waals surface area (Å²) < 4.78 is 0. The van der Waals surface area contributed by atoms with Crippen LogP contribution in [-0.2, 0) is 22.6 Å². The van der Waals surface area contributed by atoms with E-state index < -0.39 is 16.7 Å². The summed E-state index contributed by atoms with van der Waals surface area (Å²) in [6.45, 7) is 1.68. The number of likely N-dealkylation sites (N-methyl/N-ethyl adjacent to an activating group) is 1. The molecule has 0 radical (unpaired) electrons. The van der Waals surface area contributed by atoms with Crippen LogP contribution in [0.1, 0.15) is 10.6 Å². The Labute approximate surface area is 146 Å². The first-order chi connectivity index (χ1) is 11.9. The molecule has 0 saturated carbocycles. The summed E-state index contributed by atoms with van der Waals surface area (Å²) in [6.07, 6.45) is 0.813. The Morgan fingerprint density at radius 1 is 1.24 bits per heavy atom. The number of benzene rings is 1. The maximum Gasteiger partial charge on any atom is 0.315 e. The largest absolute Gasteiger partial charge is 0.318 e. The highest BCUT2D eigenvalue weighted by molar-refractivity contribution is 7.16. The number of hydrogen-bond donors (Lipinski definition) is 2. The molecule has 1 aromatic carbocycles. The van der Waals surface area contributed by atoms with Crippen molar-refractivity contribution in [1.29, 1.82) is 0 Å². The Balaban J connectivity index is 1.61. The monoisotopic (exact) mass is 361 g/mol. The molecule has 0 saturated heterocycles. The van der Waals surface area contributed by atoms with Crippen molar-refractivity contribution in [2.75, 3.05) is 24.2 Å². The van der Waals surface area contributed by atoms with E-state index in [0.717, 1.165) is 30.1 Å². The second kappa shape index (κ2) is 6.95. The molecular weight excluding hydrogens is 346 g/mol. The van der Waals surface area contributed by atoms with Gasteiger partial charge in [-0.05, 0) is 19.2 Å². The van der Waals surface area contributed by atoms with Gasteiger partial charge in [-0.15, -0.1) is 11.3 Å². The summed E-state index contributed by atoms with van der Waals surface area (Å²) in [4.78, 5) is 41.6. The van der Waals surface area contributed by atoms with Crippen molar-refractivity contribution in [3.8, 4) is 0 Å². The average molecular weight is 361 g/mol. The van der Waals surface area contributed by atoms with Crippen LogP contribution in [0, 0.1) is 10.1 Å². The first-order valence-corrected chi connectivity index (χ1v) is 8.28. The van der Waals surface area contributed by atoms with Crippen LogP contribution in [0.4, 0.5) is 16.5 Å². The number of aromatic nitrogens is 1. The predicted octanol–water partition coefficient (Wildman–Crippen LogP) is 1.62. The second-order valence-corrected chi connectivity index (χ2v) is 6.67. The molecule has 0 atom stereocenters. The lowest BCUT2D eigenvalue weighted by molar-refractivity contribution is -0.384. The van der Waals surface area contributed by atoms with Crippen molar-refractivity contribution >= 4 is 39.7 Å². The smallest absolute Gasteiger partial charge is 0.315 e. The molecule has 0 aliphatic carbocycles. The van der Waals surface area contributed by atoms with Crippen LogP contribution < -0.4 is 10.6 Å². The van der Waals surface area contributed by atoms with Crippen LogP contribution in [0.25, 0.3) is 0 Å². The lowest BCUT2D eigenvalue weighted by Crippen LogP contribution is -2.29. The zero-order valence-electron chi connectivity index (χ0n) is 13.3. The van der Waals surface area contributed by atoms with Gasteiger partial charge in [0.1, 0.15) is 0 Å². The third-order valence-corrected chi connectivity index (χ3v) is 4.68. The molecule has 2 amide bonds. The molecule has 1 aliphatic rings. The highest BCUT2D eigenvalue weighted by atomic mass is 32.1. The molecule has 3 rings (SSSR count). The predicted molar refractivity (Wildman–Crippen MR) is 92.5 cm³/mol. The number of nitro groups is 1. The van der Waals surface area contributed by atoms with E-state index in [-0.39, 0.29) is 5.69 Å². The zero-order chi connectivity index (χ0) is 18.0. The topological polar surface area (TPSA) is 117 Å². The summed E-state index contributed by atoms with van der Waals surface area (Å²) in [7, 11) is 2.01. The van der Waals surface area contributed by atoms with Gasteiger partial charge < -0.3 is 10.2 Å². The van der Waals surface area contributed by atoms with E-state index in [0.29, 0.717) is 10.8 Å². The van der Waals surface area contributed by atoms with Crippen molar-refractivity contribution in [2.45, 2.75) is 13.0 Å². The average Bonchev–Trinajstić information content (AvgIpc) is 2.96. The minimum atomic E-state index is -0.862. The lowest BCUT2D eigenvalue weighted by Gasteiger charge is -2.20. The Bertz CT molecular complexity index is 833. The normalized spacial score (nSPS) is 13.8. The third-order valence-electron chi connectivity index (χ3n) is 3.68. The standard InChI is InChI=1S/C15H15N5O4S/c1-19-7-6-11-12(8-19)25-15(17-11)18-14(22)13(21)16-9-2-4-10(5-3-9)20(23)24/h2-5H,6-8H2,1H3,(H,16,21)(H,17,18,22). The summed E-state index contributed by atoms with van der Waals surface area (Å²) in [5, 5.41) is 15.9. The van der Waals surface area contributed by atoms with Crippen LogP contribution >= 0.6 is 11.3 Å². The van der Waals surface area contributed by atoms with Crippen molar-refractivity contribution in [3.63, 3.8) is 0 Å². The number of anilines is 2. The molecule has 0 spiro atoms. The molecule has 2 N–H and O–H groups in total. The van der Waals surface area contributed by atoms with Crippen LogP contribution in [0.2, 0.25) is 0 Å². The molecule has 10 heteroatoms. The van der Waals surface area contributed by atoms with E-state index in [1.807, 2.05) is 7.05 Å². The minimum absolute atomic E-state index is 0.0965. The number of thiazole rings is 1. The van der Waals surface area contributed by atoms with E-state index in [9.17, 15) is 19.7 Å². The molecule has 130 valence electrons. The number of non-ortho nitro benzene ring substituents is 1. The molecular formula is C15H15N5O4S. The zero-order valence-corrected chi connectivity index (χ0v) is 14.1. The van der Waals surface area contributed by atoms with Crippen molar-refractivity contribution in [1.82, 2.24) is 9.88 Å². The van der Waals surface area contributed by atoms with Gasteiger partial charge in [-0.25, -0.2) is 4.98 Å². The maximum atomic E-state index is 12.0. The summed E-state index contributed by atoms with van der Waals surface area (Å²) >= 11 is 1.36. The number of nitrogens with one attached hydrogen (secondary N) is 2. The molecule has 1 aliphatic heterocycles. The third kappa shape index (κ3) is 3.98. The van der Waals surface area contributed by atoms with Crippen molar-refractivity contribution < 1.29 is 14.5 Å². The molecule has 2 heterocycles. The quantitative estimate of drug-likeness (QED) is 0.487. The van der Waals surface area contributed by atoms with Gasteiger partial charge in [-0.3, -0.25) is 25.0 Å². The highest BCUT2D eigenvalue weighted by Gasteiger charge is 2.21.